The van der Waals surface area contributed by atoms with Crippen molar-refractivity contribution in [1.82, 2.24) is 0 Å². The molecule has 0 aromatic carbocycles. The van der Waals surface area contributed by atoms with E-state index in [1.165, 1.54) is 0 Å². The predicted octanol–water partition coefficient (Wildman–Crippen LogP) is -0.804. The van der Waals surface area contributed by atoms with E-state index in [1.807, 2.05) is 0 Å². The molecule has 4 N–H and O–H groups in total. The normalized spacial score (nSPS) is 14.2. The smallest absolute Gasteiger partial charge is 0.390 e. The van der Waals surface area contributed by atoms with E-state index in [2.05, 4.69) is 25.3 Å². The monoisotopic (exact) mass is 235 g/mol. The Labute approximate surface area is 82.2 Å². The van der Waals surface area contributed by atoms with Gasteiger partial charge in [-0.2, -0.15) is 25.3 Å². The maximum Gasteiger partial charge on any atom is 0.692 e. The third-order valence-electron chi connectivity index (χ3n) is 0.818. The van der Waals surface area contributed by atoms with Crippen LogP contribution in [0.2, 0.25) is 0 Å². The number of hydrogen-bond donors (Lipinski definition) is 6. The molecule has 8 heteroatoms. The van der Waals surface area contributed by atoms with E-state index in [9.17, 15) is 0 Å². The van der Waals surface area contributed by atoms with E-state index in [0.29, 0.717) is 0 Å². The Hall–Kier alpha value is 0.640. The maximum atomic E-state index is 8.75. The van der Waals surface area contributed by atoms with Crippen molar-refractivity contribution in [3.8, 4) is 0 Å². The molecule has 0 heterocycles. The summed E-state index contributed by atoms with van der Waals surface area (Å²) in [6.45, 7) is 0. The maximum absolute atomic E-state index is 8.75. The third-order valence-corrected chi connectivity index (χ3v) is 1.57. The molecule has 0 unspecified atom stereocenters. The van der Waals surface area contributed by atoms with Crippen LogP contribution in [0.4, 0.5) is 0 Å². The lowest BCUT2D eigenvalue weighted by Gasteiger charge is -2.11. The number of hydrogen-bond acceptors (Lipinski definition) is 5. The standard InChI is InChI=1S/C4H10O2S2.HO3P/c5-3(1-7)4(6)2-8;1-4(2)3/h3-8H,1-2H2;(H-,1,2,3)/p+1/t3-,4-;/m1./s1. The van der Waals surface area contributed by atoms with Crippen molar-refractivity contribution in [3.63, 3.8) is 0 Å². The van der Waals surface area contributed by atoms with Crippen molar-refractivity contribution in [2.75, 3.05) is 11.5 Å². The highest BCUT2D eigenvalue weighted by Crippen LogP contribution is 1.98. The number of aliphatic hydroxyl groups is 2. The molecule has 0 saturated carbocycles. The van der Waals surface area contributed by atoms with Crippen LogP contribution in [-0.4, -0.2) is 43.7 Å². The van der Waals surface area contributed by atoms with Crippen LogP contribution in [0.15, 0.2) is 0 Å². The van der Waals surface area contributed by atoms with E-state index in [4.69, 9.17) is 24.6 Å². The fraction of sp³-hybridized carbons (Fsp3) is 1.00. The van der Waals surface area contributed by atoms with E-state index in [-0.39, 0.29) is 11.5 Å². The zero-order valence-corrected chi connectivity index (χ0v) is 8.79. The molecule has 0 aliphatic heterocycles. The first-order valence-corrected chi connectivity index (χ1v) is 5.31. The van der Waals surface area contributed by atoms with E-state index in [0.717, 1.165) is 0 Å². The summed E-state index contributed by atoms with van der Waals surface area (Å²) in [5.41, 5.74) is 0. The van der Waals surface area contributed by atoms with Gasteiger partial charge in [-0.05, 0) is 0 Å². The van der Waals surface area contributed by atoms with Gasteiger partial charge in [-0.25, -0.2) is 0 Å². The van der Waals surface area contributed by atoms with Crippen LogP contribution in [-0.2, 0) is 4.57 Å². The Morgan fingerprint density at radius 1 is 1.08 bits per heavy atom. The Balaban J connectivity index is 0. The molecule has 0 radical (unpaired) electrons. The molecule has 0 bridgehead atoms. The first-order valence-electron chi connectivity index (χ1n) is 2.88. The fourth-order valence-corrected chi connectivity index (χ4v) is 0.730. The van der Waals surface area contributed by atoms with Crippen LogP contribution in [0.25, 0.3) is 0 Å². The lowest BCUT2D eigenvalue weighted by atomic mass is 10.3. The van der Waals surface area contributed by atoms with Crippen molar-refractivity contribution in [1.29, 1.82) is 0 Å². The molecule has 74 valence electrons. The zero-order chi connectivity index (χ0) is 10.1. The molecular formula is C4H12O5PS2+. The second kappa shape index (κ2) is 9.73. The zero-order valence-electron chi connectivity index (χ0n) is 6.11. The molecule has 2 atom stereocenters. The van der Waals surface area contributed by atoms with Gasteiger partial charge < -0.3 is 10.2 Å². The lowest BCUT2D eigenvalue weighted by molar-refractivity contribution is 0.0504. The number of aliphatic hydroxyl groups excluding tert-OH is 2. The molecule has 0 amide bonds. The van der Waals surface area contributed by atoms with Crippen molar-refractivity contribution >= 4 is 33.5 Å². The molecule has 0 aliphatic carbocycles. The molecule has 0 fully saturated rings. The molecule has 0 rings (SSSR count). The minimum absolute atomic E-state index is 0.279. The Morgan fingerprint density at radius 2 is 1.25 bits per heavy atom. The molecule has 0 aromatic heterocycles. The van der Waals surface area contributed by atoms with Crippen molar-refractivity contribution in [3.05, 3.63) is 0 Å². The van der Waals surface area contributed by atoms with Crippen LogP contribution in [0.1, 0.15) is 0 Å². The van der Waals surface area contributed by atoms with Gasteiger partial charge in [-0.3, -0.25) is 0 Å². The van der Waals surface area contributed by atoms with Gasteiger partial charge in [-0.1, -0.05) is 0 Å². The average molecular weight is 235 g/mol. The van der Waals surface area contributed by atoms with Gasteiger partial charge in [0.2, 0.25) is 0 Å². The molecule has 5 nitrogen and oxygen atoms in total. The summed E-state index contributed by atoms with van der Waals surface area (Å²) in [5, 5.41) is 17.5. The Morgan fingerprint density at radius 3 is 1.33 bits per heavy atom. The third kappa shape index (κ3) is 13.2. The van der Waals surface area contributed by atoms with Crippen LogP contribution in [0, 0.1) is 0 Å². The second-order valence-corrected chi connectivity index (χ2v) is 2.99. The lowest BCUT2D eigenvalue weighted by Crippen LogP contribution is -2.28. The van der Waals surface area contributed by atoms with Crippen LogP contribution in [0.3, 0.4) is 0 Å². The summed E-state index contributed by atoms with van der Waals surface area (Å²) < 4.78 is 8.70. The van der Waals surface area contributed by atoms with Crippen LogP contribution >= 0.6 is 33.5 Å². The SMILES string of the molecule is O=[P+](O)O.O[C@H](CS)[C@H](O)CS. The van der Waals surface area contributed by atoms with Gasteiger partial charge in [0.05, 0.1) is 12.2 Å². The van der Waals surface area contributed by atoms with E-state index < -0.39 is 20.5 Å². The Bertz CT molecular complexity index is 112. The summed E-state index contributed by atoms with van der Waals surface area (Å²) >= 11 is 7.53. The van der Waals surface area contributed by atoms with Crippen LogP contribution < -0.4 is 0 Å². The van der Waals surface area contributed by atoms with Gasteiger partial charge in [0, 0.05) is 16.1 Å². The van der Waals surface area contributed by atoms with Gasteiger partial charge in [-0.15, -0.1) is 9.79 Å². The molecular weight excluding hydrogens is 223 g/mol. The van der Waals surface area contributed by atoms with Gasteiger partial charge >= 0.3 is 8.25 Å². The average Bonchev–Trinajstić information content (AvgIpc) is 2.00. The molecule has 12 heavy (non-hydrogen) atoms. The molecule has 0 spiro atoms. The highest BCUT2D eigenvalue weighted by Gasteiger charge is 2.10. The predicted molar refractivity (Wildman–Crippen MR) is 51.8 cm³/mol. The van der Waals surface area contributed by atoms with E-state index >= 15 is 0 Å². The van der Waals surface area contributed by atoms with Crippen molar-refractivity contribution < 1.29 is 24.6 Å². The minimum Gasteiger partial charge on any atom is -0.390 e. The van der Waals surface area contributed by atoms with Crippen molar-refractivity contribution in [2.45, 2.75) is 12.2 Å². The quantitative estimate of drug-likeness (QED) is 0.284. The first kappa shape index (κ1) is 15.1. The highest BCUT2D eigenvalue weighted by atomic mass is 32.1. The number of thiol groups is 2. The molecule has 0 aromatic rings. The summed E-state index contributed by atoms with van der Waals surface area (Å²) in [5.74, 6) is 0.559. The van der Waals surface area contributed by atoms with Gasteiger partial charge in [0.1, 0.15) is 0 Å². The Kier molecular flexibility index (Phi) is 12.3. The largest absolute Gasteiger partial charge is 0.692 e. The highest BCUT2D eigenvalue weighted by molar-refractivity contribution is 7.80. The minimum atomic E-state index is -2.87. The summed E-state index contributed by atoms with van der Waals surface area (Å²) in [6.07, 6.45) is -1.48. The molecule has 0 aliphatic rings. The van der Waals surface area contributed by atoms with Gasteiger partial charge in [0.25, 0.3) is 0 Å². The van der Waals surface area contributed by atoms with Crippen molar-refractivity contribution in [2.24, 2.45) is 0 Å². The summed E-state index contributed by atoms with van der Waals surface area (Å²) in [6, 6.07) is 0. The summed E-state index contributed by atoms with van der Waals surface area (Å²) in [7, 11) is -2.87. The molecule has 0 saturated heterocycles. The fourth-order valence-electron chi connectivity index (χ4n) is 0.243. The van der Waals surface area contributed by atoms with Crippen LogP contribution in [0.5, 0.6) is 0 Å². The van der Waals surface area contributed by atoms with Gasteiger partial charge in [0.15, 0.2) is 0 Å². The van der Waals surface area contributed by atoms with E-state index in [1.54, 1.807) is 0 Å². The number of rotatable bonds is 3. The second-order valence-electron chi connectivity index (χ2n) is 1.75. The first-order chi connectivity index (χ1) is 5.45. The topological polar surface area (TPSA) is 98.0 Å². The summed E-state index contributed by atoms with van der Waals surface area (Å²) in [4.78, 5) is 14.2.